The van der Waals surface area contributed by atoms with Crippen molar-refractivity contribution in [2.24, 2.45) is 5.92 Å². The zero-order chi connectivity index (χ0) is 15.8. The fourth-order valence-corrected chi connectivity index (χ4v) is 2.52. The third-order valence-electron chi connectivity index (χ3n) is 3.51. The molecular weight excluding hydrogens is 260 g/mol. The van der Waals surface area contributed by atoms with Crippen LogP contribution in [0.5, 0.6) is 5.75 Å². The summed E-state index contributed by atoms with van der Waals surface area (Å²) in [4.78, 5) is 2.50. The van der Waals surface area contributed by atoms with Crippen LogP contribution in [-0.4, -0.2) is 37.7 Å². The second kappa shape index (κ2) is 9.06. The summed E-state index contributed by atoms with van der Waals surface area (Å²) in [5.41, 5.74) is 1.32. The first-order valence-electron chi connectivity index (χ1n) is 8.12. The highest BCUT2D eigenvalue weighted by molar-refractivity contribution is 5.29. The van der Waals surface area contributed by atoms with E-state index in [1.54, 1.807) is 0 Å². The average molecular weight is 292 g/mol. The fourth-order valence-electron chi connectivity index (χ4n) is 2.52. The van der Waals surface area contributed by atoms with Crippen LogP contribution >= 0.6 is 0 Å². The number of rotatable bonds is 9. The molecule has 0 heterocycles. The summed E-state index contributed by atoms with van der Waals surface area (Å²) < 4.78 is 5.71. The molecule has 1 atom stereocenters. The molecule has 1 unspecified atom stereocenters. The maximum Gasteiger partial charge on any atom is 0.119 e. The molecule has 1 aromatic carbocycles. The van der Waals surface area contributed by atoms with Gasteiger partial charge in [0, 0.05) is 19.1 Å². The molecule has 120 valence electrons. The Morgan fingerprint density at radius 3 is 2.10 bits per heavy atom. The van der Waals surface area contributed by atoms with Crippen molar-refractivity contribution < 1.29 is 4.74 Å². The van der Waals surface area contributed by atoms with Gasteiger partial charge in [-0.3, -0.25) is 0 Å². The molecule has 0 bridgehead atoms. The number of hydrogen-bond donors (Lipinski definition) is 1. The van der Waals surface area contributed by atoms with Gasteiger partial charge in [0.2, 0.25) is 0 Å². The van der Waals surface area contributed by atoms with Crippen LogP contribution in [0, 0.1) is 5.92 Å². The van der Waals surface area contributed by atoms with E-state index in [0.29, 0.717) is 12.0 Å². The Balaban J connectivity index is 2.70. The van der Waals surface area contributed by atoms with Crippen molar-refractivity contribution in [2.45, 2.75) is 46.8 Å². The lowest BCUT2D eigenvalue weighted by Gasteiger charge is -2.28. The molecule has 0 aliphatic carbocycles. The predicted octanol–water partition coefficient (Wildman–Crippen LogP) is 3.71. The second-order valence-corrected chi connectivity index (χ2v) is 6.32. The lowest BCUT2D eigenvalue weighted by molar-refractivity contribution is 0.231. The molecule has 21 heavy (non-hydrogen) atoms. The quantitative estimate of drug-likeness (QED) is 0.751. The van der Waals surface area contributed by atoms with Gasteiger partial charge in [-0.1, -0.05) is 32.9 Å². The number of likely N-dealkylation sites (N-methyl/N-ethyl adjacent to an activating group) is 2. The predicted molar refractivity (Wildman–Crippen MR) is 91.0 cm³/mol. The van der Waals surface area contributed by atoms with Crippen LogP contribution in [0.1, 0.15) is 46.2 Å². The maximum absolute atomic E-state index is 5.71. The Hall–Kier alpha value is -1.06. The summed E-state index contributed by atoms with van der Waals surface area (Å²) in [6.45, 7) is 14.1. The Morgan fingerprint density at radius 2 is 1.67 bits per heavy atom. The zero-order valence-electron chi connectivity index (χ0n) is 14.5. The third-order valence-corrected chi connectivity index (χ3v) is 3.51. The van der Waals surface area contributed by atoms with E-state index < -0.39 is 0 Å². The lowest BCUT2D eigenvalue weighted by Crippen LogP contribution is -2.36. The van der Waals surface area contributed by atoms with Gasteiger partial charge in [0.1, 0.15) is 5.75 Å². The van der Waals surface area contributed by atoms with Crippen LogP contribution in [-0.2, 0) is 0 Å². The summed E-state index contributed by atoms with van der Waals surface area (Å²) in [6, 6.07) is 8.83. The van der Waals surface area contributed by atoms with Crippen molar-refractivity contribution in [2.75, 3.05) is 26.7 Å². The number of benzene rings is 1. The molecule has 0 saturated carbocycles. The Labute approximate surface area is 130 Å². The molecule has 1 aromatic rings. The van der Waals surface area contributed by atoms with Crippen LogP contribution < -0.4 is 10.1 Å². The first-order valence-corrected chi connectivity index (χ1v) is 8.12. The monoisotopic (exact) mass is 292 g/mol. The minimum atomic E-state index is 0.220. The van der Waals surface area contributed by atoms with Gasteiger partial charge in [-0.05, 0) is 51.1 Å². The molecular formula is C18H32N2O. The number of nitrogens with one attached hydrogen (secondary N) is 1. The minimum absolute atomic E-state index is 0.220. The van der Waals surface area contributed by atoms with E-state index in [4.69, 9.17) is 4.74 Å². The van der Waals surface area contributed by atoms with Crippen molar-refractivity contribution in [3.63, 3.8) is 0 Å². The van der Waals surface area contributed by atoms with Crippen LogP contribution in [0.2, 0.25) is 0 Å². The Kier molecular flexibility index (Phi) is 7.76. The summed E-state index contributed by atoms with van der Waals surface area (Å²) in [6.07, 6.45) is 0.220. The fraction of sp³-hybridized carbons (Fsp3) is 0.667. The standard InChI is InChI=1S/C18H32N2O/c1-7-20(12-14(2)3)13-18(19-6)16-8-10-17(11-9-16)21-15(4)5/h8-11,14-15,18-19H,7,12-13H2,1-6H3. The topological polar surface area (TPSA) is 24.5 Å². The van der Waals surface area contributed by atoms with E-state index in [2.05, 4.69) is 69.1 Å². The molecule has 0 fully saturated rings. The van der Waals surface area contributed by atoms with Gasteiger partial charge in [0.25, 0.3) is 0 Å². The zero-order valence-corrected chi connectivity index (χ0v) is 14.5. The van der Waals surface area contributed by atoms with Gasteiger partial charge >= 0.3 is 0 Å². The van der Waals surface area contributed by atoms with Crippen molar-refractivity contribution in [3.8, 4) is 5.75 Å². The normalized spacial score (nSPS) is 13.2. The molecule has 0 radical (unpaired) electrons. The van der Waals surface area contributed by atoms with E-state index in [1.807, 2.05) is 7.05 Å². The third kappa shape index (κ3) is 6.49. The molecule has 0 amide bonds. The SMILES string of the molecule is CCN(CC(C)C)CC(NC)c1ccc(OC(C)C)cc1. The molecule has 3 nitrogen and oxygen atoms in total. The van der Waals surface area contributed by atoms with E-state index in [1.165, 1.54) is 5.56 Å². The molecule has 0 spiro atoms. The molecule has 3 heteroatoms. The van der Waals surface area contributed by atoms with E-state index in [9.17, 15) is 0 Å². The molecule has 1 N–H and O–H groups in total. The van der Waals surface area contributed by atoms with Crippen LogP contribution in [0.25, 0.3) is 0 Å². The summed E-state index contributed by atoms with van der Waals surface area (Å²) >= 11 is 0. The highest BCUT2D eigenvalue weighted by atomic mass is 16.5. The molecule has 0 aliphatic heterocycles. The van der Waals surface area contributed by atoms with E-state index >= 15 is 0 Å². The van der Waals surface area contributed by atoms with Crippen molar-refractivity contribution in [1.29, 1.82) is 0 Å². The Bertz CT molecular complexity index is 387. The molecule has 0 saturated heterocycles. The Morgan fingerprint density at radius 1 is 1.05 bits per heavy atom. The van der Waals surface area contributed by atoms with Crippen molar-refractivity contribution in [1.82, 2.24) is 10.2 Å². The van der Waals surface area contributed by atoms with Crippen molar-refractivity contribution in [3.05, 3.63) is 29.8 Å². The summed E-state index contributed by atoms with van der Waals surface area (Å²) in [5, 5.41) is 3.43. The number of ether oxygens (including phenoxy) is 1. The minimum Gasteiger partial charge on any atom is -0.491 e. The molecule has 0 aliphatic rings. The van der Waals surface area contributed by atoms with Gasteiger partial charge in [0.15, 0.2) is 0 Å². The van der Waals surface area contributed by atoms with E-state index in [-0.39, 0.29) is 6.10 Å². The number of nitrogens with zero attached hydrogens (tertiary/aromatic N) is 1. The van der Waals surface area contributed by atoms with Gasteiger partial charge < -0.3 is 15.0 Å². The highest BCUT2D eigenvalue weighted by Gasteiger charge is 2.14. The van der Waals surface area contributed by atoms with E-state index in [0.717, 1.165) is 25.4 Å². The maximum atomic E-state index is 5.71. The average Bonchev–Trinajstić information content (AvgIpc) is 2.43. The second-order valence-electron chi connectivity index (χ2n) is 6.32. The van der Waals surface area contributed by atoms with Crippen molar-refractivity contribution >= 4 is 0 Å². The number of hydrogen-bond acceptors (Lipinski definition) is 3. The summed E-state index contributed by atoms with van der Waals surface area (Å²) in [7, 11) is 2.03. The first kappa shape index (κ1) is 18.0. The summed E-state index contributed by atoms with van der Waals surface area (Å²) in [5.74, 6) is 1.64. The van der Waals surface area contributed by atoms with Gasteiger partial charge in [-0.25, -0.2) is 0 Å². The van der Waals surface area contributed by atoms with Crippen LogP contribution in [0.3, 0.4) is 0 Å². The van der Waals surface area contributed by atoms with Gasteiger partial charge in [0.05, 0.1) is 6.10 Å². The largest absolute Gasteiger partial charge is 0.491 e. The smallest absolute Gasteiger partial charge is 0.119 e. The first-order chi connectivity index (χ1) is 9.96. The van der Waals surface area contributed by atoms with Crippen LogP contribution in [0.15, 0.2) is 24.3 Å². The lowest BCUT2D eigenvalue weighted by atomic mass is 10.1. The highest BCUT2D eigenvalue weighted by Crippen LogP contribution is 2.20. The van der Waals surface area contributed by atoms with Crippen LogP contribution in [0.4, 0.5) is 0 Å². The molecule has 0 aromatic heterocycles. The molecule has 1 rings (SSSR count). The van der Waals surface area contributed by atoms with Gasteiger partial charge in [-0.2, -0.15) is 0 Å². The van der Waals surface area contributed by atoms with Gasteiger partial charge in [-0.15, -0.1) is 0 Å².